The zero-order valence-electron chi connectivity index (χ0n) is 12.9. The summed E-state index contributed by atoms with van der Waals surface area (Å²) < 4.78 is 11.1. The summed E-state index contributed by atoms with van der Waals surface area (Å²) in [5.74, 6) is 0.466. The summed E-state index contributed by atoms with van der Waals surface area (Å²) in [5.41, 5.74) is 1.73. The van der Waals surface area contributed by atoms with Crippen LogP contribution in [-0.4, -0.2) is 57.7 Å². The van der Waals surface area contributed by atoms with E-state index in [0.717, 1.165) is 11.1 Å². The molecule has 0 radical (unpaired) electrons. The van der Waals surface area contributed by atoms with Crippen molar-refractivity contribution < 1.29 is 29.9 Å². The Bertz CT molecular complexity index is 660. The number of benzene rings is 2. The van der Waals surface area contributed by atoms with Crippen LogP contribution in [0.5, 0.6) is 5.75 Å². The van der Waals surface area contributed by atoms with Crippen molar-refractivity contribution in [1.29, 1.82) is 0 Å². The molecule has 0 unspecified atom stereocenters. The highest BCUT2D eigenvalue weighted by molar-refractivity contribution is 5.70. The van der Waals surface area contributed by atoms with E-state index in [1.807, 2.05) is 42.5 Å². The molecular formula is C18H20O6. The lowest BCUT2D eigenvalue weighted by Gasteiger charge is -2.39. The zero-order chi connectivity index (χ0) is 17.1. The summed E-state index contributed by atoms with van der Waals surface area (Å²) in [6, 6.07) is 16.8. The van der Waals surface area contributed by atoms with E-state index in [9.17, 15) is 20.4 Å². The summed E-state index contributed by atoms with van der Waals surface area (Å²) in [6.07, 6.45) is -6.52. The molecule has 2 aromatic rings. The van der Waals surface area contributed by atoms with Gasteiger partial charge in [0, 0.05) is 5.56 Å². The molecule has 5 atom stereocenters. The maximum Gasteiger partial charge on any atom is 0.229 e. The summed E-state index contributed by atoms with van der Waals surface area (Å²) in [4.78, 5) is 0. The van der Waals surface area contributed by atoms with Gasteiger partial charge in [-0.25, -0.2) is 0 Å². The summed E-state index contributed by atoms with van der Waals surface area (Å²) in [6.45, 7) is -0.495. The van der Waals surface area contributed by atoms with Crippen molar-refractivity contribution in [2.24, 2.45) is 0 Å². The van der Waals surface area contributed by atoms with Gasteiger partial charge in [0.25, 0.3) is 0 Å². The van der Waals surface area contributed by atoms with Crippen molar-refractivity contribution in [2.75, 3.05) is 6.61 Å². The van der Waals surface area contributed by atoms with Crippen LogP contribution in [0.1, 0.15) is 0 Å². The topological polar surface area (TPSA) is 99.4 Å². The molecule has 0 saturated carbocycles. The maximum absolute atomic E-state index is 10.1. The third-order valence-electron chi connectivity index (χ3n) is 4.06. The largest absolute Gasteiger partial charge is 0.461 e. The minimum Gasteiger partial charge on any atom is -0.461 e. The van der Waals surface area contributed by atoms with Crippen LogP contribution in [0.15, 0.2) is 54.6 Å². The van der Waals surface area contributed by atoms with Gasteiger partial charge in [-0.2, -0.15) is 0 Å². The molecular weight excluding hydrogens is 312 g/mol. The molecule has 4 N–H and O–H groups in total. The Morgan fingerprint density at radius 3 is 2.21 bits per heavy atom. The molecule has 3 rings (SSSR count). The fraction of sp³-hybridized carbons (Fsp3) is 0.333. The van der Waals surface area contributed by atoms with E-state index >= 15 is 0 Å². The van der Waals surface area contributed by atoms with Crippen molar-refractivity contribution in [3.63, 3.8) is 0 Å². The van der Waals surface area contributed by atoms with Crippen LogP contribution in [0.4, 0.5) is 0 Å². The third-order valence-corrected chi connectivity index (χ3v) is 4.06. The molecule has 1 aliphatic rings. The van der Waals surface area contributed by atoms with Gasteiger partial charge in [0.05, 0.1) is 6.61 Å². The van der Waals surface area contributed by atoms with E-state index in [0.29, 0.717) is 5.75 Å². The second-order valence-corrected chi connectivity index (χ2v) is 5.68. The van der Waals surface area contributed by atoms with Crippen LogP contribution < -0.4 is 4.74 Å². The van der Waals surface area contributed by atoms with Gasteiger partial charge in [-0.1, -0.05) is 48.5 Å². The number of para-hydroxylation sites is 1. The molecule has 1 heterocycles. The Hall–Kier alpha value is -1.96. The fourth-order valence-electron chi connectivity index (χ4n) is 2.72. The van der Waals surface area contributed by atoms with Crippen LogP contribution in [-0.2, 0) is 4.74 Å². The third kappa shape index (κ3) is 3.28. The van der Waals surface area contributed by atoms with Crippen molar-refractivity contribution in [1.82, 2.24) is 0 Å². The Morgan fingerprint density at radius 1 is 0.833 bits per heavy atom. The molecule has 2 aromatic carbocycles. The molecule has 0 spiro atoms. The number of aliphatic hydroxyl groups is 4. The monoisotopic (exact) mass is 332 g/mol. The van der Waals surface area contributed by atoms with Gasteiger partial charge < -0.3 is 29.9 Å². The first kappa shape index (κ1) is 16.9. The second-order valence-electron chi connectivity index (χ2n) is 5.68. The number of ether oxygens (including phenoxy) is 2. The van der Waals surface area contributed by atoms with Crippen LogP contribution in [0.25, 0.3) is 11.1 Å². The van der Waals surface area contributed by atoms with Gasteiger partial charge in [0.2, 0.25) is 6.29 Å². The molecule has 128 valence electrons. The Balaban J connectivity index is 1.86. The van der Waals surface area contributed by atoms with Gasteiger partial charge in [-0.05, 0) is 11.6 Å². The maximum atomic E-state index is 10.1. The van der Waals surface area contributed by atoms with Crippen molar-refractivity contribution >= 4 is 0 Å². The Morgan fingerprint density at radius 2 is 1.50 bits per heavy atom. The van der Waals surface area contributed by atoms with Crippen LogP contribution in [0, 0.1) is 0 Å². The molecule has 1 fully saturated rings. The van der Waals surface area contributed by atoms with E-state index < -0.39 is 37.3 Å². The van der Waals surface area contributed by atoms with Crippen LogP contribution in [0.2, 0.25) is 0 Å². The molecule has 0 bridgehead atoms. The smallest absolute Gasteiger partial charge is 0.229 e. The van der Waals surface area contributed by atoms with Crippen LogP contribution >= 0.6 is 0 Å². The zero-order valence-corrected chi connectivity index (χ0v) is 12.9. The minimum atomic E-state index is -1.47. The van der Waals surface area contributed by atoms with Crippen molar-refractivity contribution in [3.05, 3.63) is 54.6 Å². The van der Waals surface area contributed by atoms with E-state index in [4.69, 9.17) is 9.47 Å². The SMILES string of the molecule is OC[C@H]1O[C@H](Oc2ccccc2-c2ccccc2)[C@@H](O)[C@@H](O)[C@@H]1O. The van der Waals surface area contributed by atoms with Gasteiger partial charge in [-0.15, -0.1) is 0 Å². The van der Waals surface area contributed by atoms with Gasteiger partial charge in [0.1, 0.15) is 30.2 Å². The fourth-order valence-corrected chi connectivity index (χ4v) is 2.72. The first-order valence-electron chi connectivity index (χ1n) is 7.73. The number of rotatable bonds is 4. The lowest BCUT2D eigenvalue weighted by molar-refractivity contribution is -0.277. The molecule has 6 heteroatoms. The van der Waals surface area contributed by atoms with Crippen molar-refractivity contribution in [3.8, 4) is 16.9 Å². The average Bonchev–Trinajstić information content (AvgIpc) is 2.63. The highest BCUT2D eigenvalue weighted by Crippen LogP contribution is 2.32. The molecule has 24 heavy (non-hydrogen) atoms. The first-order valence-corrected chi connectivity index (χ1v) is 7.73. The highest BCUT2D eigenvalue weighted by atomic mass is 16.7. The number of aliphatic hydroxyl groups excluding tert-OH is 4. The van der Waals surface area contributed by atoms with E-state index in [-0.39, 0.29) is 0 Å². The minimum absolute atomic E-state index is 0.466. The van der Waals surface area contributed by atoms with E-state index in [2.05, 4.69) is 0 Å². The Labute approximate surface area is 139 Å². The highest BCUT2D eigenvalue weighted by Gasteiger charge is 2.44. The molecule has 1 aliphatic heterocycles. The molecule has 0 amide bonds. The normalized spacial score (nSPS) is 30.1. The standard InChI is InChI=1S/C18H20O6/c19-10-14-15(20)16(21)17(22)18(24-14)23-13-9-5-4-8-12(13)11-6-2-1-3-7-11/h1-9,14-22H,10H2/t14-,15-,16+,17+,18+/m1/s1. The average molecular weight is 332 g/mol. The predicted molar refractivity (Wildman–Crippen MR) is 86.3 cm³/mol. The van der Waals surface area contributed by atoms with Gasteiger partial charge >= 0.3 is 0 Å². The predicted octanol–water partition coefficient (Wildman–Crippen LogP) is 0.532. The molecule has 1 saturated heterocycles. The second kappa shape index (κ2) is 7.29. The lowest BCUT2D eigenvalue weighted by atomic mass is 9.99. The quantitative estimate of drug-likeness (QED) is 0.652. The summed E-state index contributed by atoms with van der Waals surface area (Å²) in [5, 5.41) is 39.0. The van der Waals surface area contributed by atoms with Gasteiger partial charge in [0.15, 0.2) is 0 Å². The Kier molecular flexibility index (Phi) is 5.13. The van der Waals surface area contributed by atoms with E-state index in [1.54, 1.807) is 12.1 Å². The summed E-state index contributed by atoms with van der Waals surface area (Å²) in [7, 11) is 0. The lowest BCUT2D eigenvalue weighted by Crippen LogP contribution is -2.60. The molecule has 0 aromatic heterocycles. The molecule has 0 aliphatic carbocycles. The number of hydrogen-bond donors (Lipinski definition) is 4. The van der Waals surface area contributed by atoms with Gasteiger partial charge in [-0.3, -0.25) is 0 Å². The van der Waals surface area contributed by atoms with Crippen molar-refractivity contribution in [2.45, 2.75) is 30.7 Å². The first-order chi connectivity index (χ1) is 11.6. The summed E-state index contributed by atoms with van der Waals surface area (Å²) >= 11 is 0. The molecule has 6 nitrogen and oxygen atoms in total. The number of hydrogen-bond acceptors (Lipinski definition) is 6. The van der Waals surface area contributed by atoms with E-state index in [1.165, 1.54) is 0 Å². The van der Waals surface area contributed by atoms with Crippen LogP contribution in [0.3, 0.4) is 0 Å².